The van der Waals surface area contributed by atoms with Crippen molar-refractivity contribution in [2.75, 3.05) is 55.6 Å². The van der Waals surface area contributed by atoms with Crippen LogP contribution in [0.5, 0.6) is 0 Å². The van der Waals surface area contributed by atoms with Crippen LogP contribution >= 0.6 is 0 Å². The Balaban J connectivity index is 1.46. The first-order valence-corrected chi connectivity index (χ1v) is 13.6. The number of carbonyl (C=O) groups excluding carboxylic acids is 1. The molecule has 0 saturated carbocycles. The second-order valence-electron chi connectivity index (χ2n) is 8.11. The first kappa shape index (κ1) is 22.7. The third-order valence-corrected chi connectivity index (χ3v) is 8.90. The van der Waals surface area contributed by atoms with Gasteiger partial charge in [-0.05, 0) is 61.5 Å². The number of nitrogens with zero attached hydrogens (tertiary/aromatic N) is 3. The molecule has 2 aromatic carbocycles. The molecule has 2 heterocycles. The van der Waals surface area contributed by atoms with Gasteiger partial charge in [0.1, 0.15) is 0 Å². The molecule has 0 bridgehead atoms. The smallest absolute Gasteiger partial charge is 0.255 e. The monoisotopic (exact) mass is 478 g/mol. The van der Waals surface area contributed by atoms with Crippen LogP contribution in [-0.2, 0) is 26.5 Å². The number of rotatable bonds is 5. The van der Waals surface area contributed by atoms with E-state index in [4.69, 9.17) is 0 Å². The highest BCUT2D eigenvalue weighted by atomic mass is 32.2. The summed E-state index contributed by atoms with van der Waals surface area (Å²) in [6, 6.07) is 11.1. The SMILES string of the molecule is CN1CCN(S(=O)(=O)c2ccc(NC(=O)c3ccc4c(c3)CCN4S(C)(=O)=O)cc2)CC1. The fraction of sp³-hybridized carbons (Fsp3) is 0.381. The summed E-state index contributed by atoms with van der Waals surface area (Å²) in [4.78, 5) is 15.0. The van der Waals surface area contributed by atoms with Crippen molar-refractivity contribution in [3.05, 3.63) is 53.6 Å². The van der Waals surface area contributed by atoms with Crippen LogP contribution in [-0.4, -0.2) is 78.0 Å². The van der Waals surface area contributed by atoms with Crippen LogP contribution in [0.25, 0.3) is 0 Å². The molecule has 1 amide bonds. The second kappa shape index (κ2) is 8.47. The fourth-order valence-corrected chi connectivity index (χ4v) is 6.33. The van der Waals surface area contributed by atoms with Crippen molar-refractivity contribution in [3.63, 3.8) is 0 Å². The highest BCUT2D eigenvalue weighted by Gasteiger charge is 2.28. The highest BCUT2D eigenvalue weighted by molar-refractivity contribution is 7.92. The maximum absolute atomic E-state index is 12.8. The minimum absolute atomic E-state index is 0.193. The molecule has 4 rings (SSSR count). The van der Waals surface area contributed by atoms with E-state index in [0.29, 0.717) is 56.1 Å². The molecule has 32 heavy (non-hydrogen) atoms. The Hall–Kier alpha value is -2.47. The number of anilines is 2. The molecule has 1 saturated heterocycles. The van der Waals surface area contributed by atoms with Gasteiger partial charge in [0.05, 0.1) is 16.8 Å². The van der Waals surface area contributed by atoms with Crippen molar-refractivity contribution in [2.24, 2.45) is 0 Å². The quantitative estimate of drug-likeness (QED) is 0.692. The molecule has 2 aliphatic rings. The summed E-state index contributed by atoms with van der Waals surface area (Å²) >= 11 is 0. The number of amides is 1. The molecule has 0 aliphatic carbocycles. The van der Waals surface area contributed by atoms with Gasteiger partial charge in [0.2, 0.25) is 20.0 Å². The third kappa shape index (κ3) is 4.51. The molecule has 0 atom stereocenters. The van der Waals surface area contributed by atoms with Crippen LogP contribution in [0.3, 0.4) is 0 Å². The number of hydrogen-bond donors (Lipinski definition) is 1. The highest BCUT2D eigenvalue weighted by Crippen LogP contribution is 2.31. The molecular weight excluding hydrogens is 452 g/mol. The van der Waals surface area contributed by atoms with Gasteiger partial charge in [-0.1, -0.05) is 0 Å². The van der Waals surface area contributed by atoms with E-state index in [-0.39, 0.29) is 10.8 Å². The minimum atomic E-state index is -3.57. The Kier molecular flexibility index (Phi) is 6.01. The van der Waals surface area contributed by atoms with E-state index >= 15 is 0 Å². The summed E-state index contributed by atoms with van der Waals surface area (Å²) in [5, 5.41) is 2.77. The lowest BCUT2D eigenvalue weighted by Gasteiger charge is -2.31. The lowest BCUT2D eigenvalue weighted by molar-refractivity contribution is 0.102. The Labute approximate surface area is 188 Å². The average molecular weight is 479 g/mol. The molecule has 172 valence electrons. The maximum Gasteiger partial charge on any atom is 0.255 e. The van der Waals surface area contributed by atoms with Gasteiger partial charge in [-0.2, -0.15) is 4.31 Å². The lowest BCUT2D eigenvalue weighted by Crippen LogP contribution is -2.46. The minimum Gasteiger partial charge on any atom is -0.322 e. The summed E-state index contributed by atoms with van der Waals surface area (Å²) in [5.74, 6) is -0.347. The molecule has 11 heteroatoms. The molecule has 1 fully saturated rings. The summed E-state index contributed by atoms with van der Waals surface area (Å²) in [6.45, 7) is 2.65. The summed E-state index contributed by atoms with van der Waals surface area (Å²) in [7, 11) is -4.95. The van der Waals surface area contributed by atoms with Crippen molar-refractivity contribution < 1.29 is 21.6 Å². The van der Waals surface area contributed by atoms with Crippen molar-refractivity contribution in [3.8, 4) is 0 Å². The predicted octanol–water partition coefficient (Wildman–Crippen LogP) is 1.20. The largest absolute Gasteiger partial charge is 0.322 e. The molecule has 2 aliphatic heterocycles. The standard InChI is InChI=1S/C21H26N4O5S2/c1-23-11-13-24(14-12-23)32(29,30)19-6-4-18(5-7-19)22-21(26)17-3-8-20-16(15-17)9-10-25(20)31(2,27)28/h3-8,15H,9-14H2,1-2H3,(H,22,26). The Morgan fingerprint density at radius 2 is 1.56 bits per heavy atom. The number of hydrogen-bond acceptors (Lipinski definition) is 6. The molecule has 0 radical (unpaired) electrons. The third-order valence-electron chi connectivity index (χ3n) is 5.81. The number of carbonyl (C=O) groups is 1. The van der Waals surface area contributed by atoms with E-state index in [2.05, 4.69) is 10.2 Å². The summed E-state index contributed by atoms with van der Waals surface area (Å²) in [5.41, 5.74) is 2.29. The van der Waals surface area contributed by atoms with Crippen LogP contribution in [0, 0.1) is 0 Å². The molecule has 0 aromatic heterocycles. The van der Waals surface area contributed by atoms with Crippen molar-refractivity contribution in [2.45, 2.75) is 11.3 Å². The normalized spacial score (nSPS) is 17.9. The first-order valence-electron chi connectivity index (χ1n) is 10.3. The van der Waals surface area contributed by atoms with Crippen LogP contribution < -0.4 is 9.62 Å². The topological polar surface area (TPSA) is 107 Å². The molecule has 0 spiro atoms. The first-order chi connectivity index (χ1) is 15.1. The van der Waals surface area contributed by atoms with E-state index < -0.39 is 20.0 Å². The van der Waals surface area contributed by atoms with Crippen LogP contribution in [0.15, 0.2) is 47.4 Å². The second-order valence-corrected chi connectivity index (χ2v) is 12.0. The van der Waals surface area contributed by atoms with Gasteiger partial charge in [-0.3, -0.25) is 9.10 Å². The predicted molar refractivity (Wildman–Crippen MR) is 123 cm³/mol. The van der Waals surface area contributed by atoms with Crippen LogP contribution in [0.1, 0.15) is 15.9 Å². The molecule has 9 nitrogen and oxygen atoms in total. The molecule has 0 unspecified atom stereocenters. The summed E-state index contributed by atoms with van der Waals surface area (Å²) in [6.07, 6.45) is 1.71. The fourth-order valence-electron chi connectivity index (χ4n) is 3.95. The van der Waals surface area contributed by atoms with E-state index in [9.17, 15) is 21.6 Å². The molecule has 1 N–H and O–H groups in total. The number of nitrogens with one attached hydrogen (secondary N) is 1. The van der Waals surface area contributed by atoms with Crippen molar-refractivity contribution in [1.82, 2.24) is 9.21 Å². The molecule has 2 aromatic rings. The van der Waals surface area contributed by atoms with Gasteiger partial charge in [-0.25, -0.2) is 16.8 Å². The number of sulfonamides is 2. The van der Waals surface area contributed by atoms with E-state index in [1.165, 1.54) is 20.7 Å². The van der Waals surface area contributed by atoms with Crippen molar-refractivity contribution >= 4 is 37.3 Å². The average Bonchev–Trinajstić information content (AvgIpc) is 3.18. The van der Waals surface area contributed by atoms with Crippen LogP contribution in [0.2, 0.25) is 0 Å². The van der Waals surface area contributed by atoms with E-state index in [0.717, 1.165) is 11.8 Å². The van der Waals surface area contributed by atoms with Gasteiger partial charge in [0, 0.05) is 44.0 Å². The van der Waals surface area contributed by atoms with E-state index in [1.54, 1.807) is 30.3 Å². The zero-order valence-electron chi connectivity index (χ0n) is 18.0. The maximum atomic E-state index is 12.8. The van der Waals surface area contributed by atoms with Gasteiger partial charge in [0.15, 0.2) is 0 Å². The Morgan fingerprint density at radius 3 is 2.19 bits per heavy atom. The van der Waals surface area contributed by atoms with Crippen molar-refractivity contribution in [1.29, 1.82) is 0 Å². The van der Waals surface area contributed by atoms with Gasteiger partial charge < -0.3 is 10.2 Å². The number of benzene rings is 2. The number of piperazine rings is 1. The van der Waals surface area contributed by atoms with Crippen LogP contribution in [0.4, 0.5) is 11.4 Å². The zero-order chi connectivity index (χ0) is 23.1. The van der Waals surface area contributed by atoms with Gasteiger partial charge in [0.25, 0.3) is 5.91 Å². The summed E-state index contributed by atoms with van der Waals surface area (Å²) < 4.78 is 52.2. The zero-order valence-corrected chi connectivity index (χ0v) is 19.6. The van der Waals surface area contributed by atoms with E-state index in [1.807, 2.05) is 7.05 Å². The van der Waals surface area contributed by atoms with Gasteiger partial charge >= 0.3 is 0 Å². The molecular formula is C21H26N4O5S2. The number of fused-ring (bicyclic) bond motifs is 1. The van der Waals surface area contributed by atoms with Gasteiger partial charge in [-0.15, -0.1) is 0 Å². The lowest BCUT2D eigenvalue weighted by atomic mass is 10.1. The Morgan fingerprint density at radius 1 is 0.906 bits per heavy atom. The Bertz CT molecular complexity index is 1240. The number of likely N-dealkylation sites (N-methyl/N-ethyl adjacent to an activating group) is 1.